The molecular formula is C16H26N2O6S. The molecular weight excluding hydrogens is 348 g/mol. The zero-order valence-corrected chi connectivity index (χ0v) is 15.5. The van der Waals surface area contributed by atoms with Crippen molar-refractivity contribution in [2.24, 2.45) is 5.41 Å². The van der Waals surface area contributed by atoms with E-state index in [1.54, 1.807) is 11.8 Å². The molecule has 4 atom stereocenters. The third-order valence-electron chi connectivity index (χ3n) is 3.69. The molecule has 0 spiro atoms. The van der Waals surface area contributed by atoms with E-state index in [2.05, 4.69) is 25.8 Å². The summed E-state index contributed by atoms with van der Waals surface area (Å²) < 4.78 is 12.5. The van der Waals surface area contributed by atoms with Crippen LogP contribution in [0.15, 0.2) is 21.9 Å². The normalized spacial score (nSPS) is 26.9. The maximum Gasteiger partial charge on any atom is 0.330 e. The van der Waals surface area contributed by atoms with E-state index in [0.29, 0.717) is 6.61 Å². The lowest BCUT2D eigenvalue weighted by molar-refractivity contribution is -0.0711. The summed E-state index contributed by atoms with van der Waals surface area (Å²) >= 11 is 1.74. The van der Waals surface area contributed by atoms with Crippen molar-refractivity contribution >= 4 is 11.8 Å². The van der Waals surface area contributed by atoms with Gasteiger partial charge in [0.2, 0.25) is 0 Å². The van der Waals surface area contributed by atoms with Crippen molar-refractivity contribution in [2.45, 2.75) is 45.3 Å². The Hall–Kier alpha value is -1.13. The summed E-state index contributed by atoms with van der Waals surface area (Å²) in [6.07, 6.45) is -2.35. The number of aromatic nitrogens is 2. The molecule has 1 aromatic heterocycles. The average molecular weight is 374 g/mol. The molecule has 0 radical (unpaired) electrons. The summed E-state index contributed by atoms with van der Waals surface area (Å²) in [7, 11) is 0. The molecule has 9 heteroatoms. The van der Waals surface area contributed by atoms with Gasteiger partial charge in [-0.15, -0.1) is 0 Å². The smallest absolute Gasteiger partial charge is 0.330 e. The molecule has 0 unspecified atom stereocenters. The lowest BCUT2D eigenvalue weighted by atomic mass is 10.0. The maximum absolute atomic E-state index is 12.0. The van der Waals surface area contributed by atoms with Gasteiger partial charge in [0.15, 0.2) is 6.23 Å². The molecule has 25 heavy (non-hydrogen) atoms. The predicted octanol–water partition coefficient (Wildman–Crippen LogP) is -0.0483. The number of thioether (sulfide) groups is 1. The molecule has 1 saturated heterocycles. The Kier molecular flexibility index (Phi) is 6.86. The van der Waals surface area contributed by atoms with Gasteiger partial charge in [0.05, 0.1) is 13.2 Å². The summed E-state index contributed by atoms with van der Waals surface area (Å²) in [5.74, 6) is 1.71. The highest BCUT2D eigenvalue weighted by Crippen LogP contribution is 2.31. The van der Waals surface area contributed by atoms with Gasteiger partial charge >= 0.3 is 5.69 Å². The number of aliphatic hydroxyl groups is 2. The minimum atomic E-state index is -1.07. The number of aliphatic hydroxyl groups excluding tert-OH is 2. The van der Waals surface area contributed by atoms with Gasteiger partial charge in [0, 0.05) is 18.0 Å². The molecule has 1 fully saturated rings. The van der Waals surface area contributed by atoms with E-state index in [0.717, 1.165) is 16.1 Å². The second-order valence-electron chi connectivity index (χ2n) is 7.20. The second kappa shape index (κ2) is 8.50. The van der Waals surface area contributed by atoms with E-state index in [1.165, 1.54) is 12.3 Å². The Morgan fingerprint density at radius 3 is 2.72 bits per heavy atom. The van der Waals surface area contributed by atoms with Crippen LogP contribution >= 0.6 is 11.8 Å². The second-order valence-corrected chi connectivity index (χ2v) is 8.31. The van der Waals surface area contributed by atoms with Gasteiger partial charge in [0.25, 0.3) is 5.56 Å². The summed E-state index contributed by atoms with van der Waals surface area (Å²) in [5.41, 5.74) is -0.956. The number of rotatable bonds is 7. The van der Waals surface area contributed by atoms with E-state index in [-0.39, 0.29) is 5.41 Å². The van der Waals surface area contributed by atoms with E-state index in [1.807, 2.05) is 0 Å². The predicted molar refractivity (Wildman–Crippen MR) is 94.8 cm³/mol. The fraction of sp³-hybridized carbons (Fsp3) is 0.750. The van der Waals surface area contributed by atoms with E-state index in [4.69, 9.17) is 9.47 Å². The highest BCUT2D eigenvalue weighted by molar-refractivity contribution is 7.99. The maximum atomic E-state index is 12.0. The third-order valence-corrected chi connectivity index (χ3v) is 5.22. The quantitative estimate of drug-likeness (QED) is 0.574. The first-order chi connectivity index (χ1) is 11.7. The number of hydrogen-bond donors (Lipinski definition) is 3. The monoisotopic (exact) mass is 374 g/mol. The Labute approximate surface area is 150 Å². The summed E-state index contributed by atoms with van der Waals surface area (Å²) in [4.78, 5) is 25.3. The number of H-pyrrole nitrogens is 1. The van der Waals surface area contributed by atoms with Gasteiger partial charge in [-0.2, -0.15) is 11.8 Å². The first-order valence-corrected chi connectivity index (χ1v) is 9.33. The SMILES string of the molecule is CC(C)(C)CSCCO[C@@H]1[C@H](O)[C@@H](CO)O[C@H]1n1ccc(=O)[nH]c1=O. The van der Waals surface area contributed by atoms with E-state index < -0.39 is 42.4 Å². The topological polar surface area (TPSA) is 114 Å². The van der Waals surface area contributed by atoms with Crippen molar-refractivity contribution in [1.82, 2.24) is 9.55 Å². The van der Waals surface area contributed by atoms with Gasteiger partial charge < -0.3 is 19.7 Å². The Morgan fingerprint density at radius 1 is 1.40 bits per heavy atom. The van der Waals surface area contributed by atoms with Crippen LogP contribution in [0.2, 0.25) is 0 Å². The van der Waals surface area contributed by atoms with Crippen LogP contribution in [0.25, 0.3) is 0 Å². The van der Waals surface area contributed by atoms with Gasteiger partial charge in [-0.3, -0.25) is 14.3 Å². The van der Waals surface area contributed by atoms with Crippen LogP contribution in [-0.4, -0.2) is 62.8 Å². The molecule has 1 aliphatic rings. The molecule has 2 heterocycles. The van der Waals surface area contributed by atoms with Crippen LogP contribution in [0.4, 0.5) is 0 Å². The standard InChI is InChI=1S/C16H26N2O6S/c1-16(2,3)9-25-7-6-23-13-12(21)10(8-19)24-14(13)18-5-4-11(20)17-15(18)22/h4-5,10,12-14,19,21H,6-9H2,1-3H3,(H,17,20,22)/t10-,12-,13-,14-/m1/s1. The molecule has 142 valence electrons. The van der Waals surface area contributed by atoms with E-state index in [9.17, 15) is 19.8 Å². The van der Waals surface area contributed by atoms with Crippen molar-refractivity contribution in [2.75, 3.05) is 24.7 Å². The number of hydrogen-bond acceptors (Lipinski definition) is 7. The first-order valence-electron chi connectivity index (χ1n) is 8.18. The van der Waals surface area contributed by atoms with Crippen LogP contribution in [0.1, 0.15) is 27.0 Å². The van der Waals surface area contributed by atoms with Crippen molar-refractivity contribution in [1.29, 1.82) is 0 Å². The molecule has 0 saturated carbocycles. The van der Waals surface area contributed by atoms with Gasteiger partial charge in [-0.1, -0.05) is 20.8 Å². The van der Waals surface area contributed by atoms with Crippen LogP contribution in [0, 0.1) is 5.41 Å². The summed E-state index contributed by atoms with van der Waals surface area (Å²) in [6.45, 7) is 6.44. The zero-order chi connectivity index (χ0) is 18.6. The van der Waals surface area contributed by atoms with Crippen LogP contribution < -0.4 is 11.2 Å². The van der Waals surface area contributed by atoms with Crippen molar-refractivity contribution in [3.05, 3.63) is 33.1 Å². The number of aromatic amines is 1. The number of ether oxygens (including phenoxy) is 2. The highest BCUT2D eigenvalue weighted by atomic mass is 32.2. The molecule has 0 amide bonds. The Balaban J connectivity index is 2.04. The lowest BCUT2D eigenvalue weighted by Crippen LogP contribution is -2.39. The van der Waals surface area contributed by atoms with E-state index >= 15 is 0 Å². The molecule has 1 aromatic rings. The average Bonchev–Trinajstić information content (AvgIpc) is 2.82. The van der Waals surface area contributed by atoms with Crippen molar-refractivity contribution < 1.29 is 19.7 Å². The van der Waals surface area contributed by atoms with Crippen LogP contribution in [-0.2, 0) is 9.47 Å². The highest BCUT2D eigenvalue weighted by Gasteiger charge is 2.45. The minimum absolute atomic E-state index is 0.217. The van der Waals surface area contributed by atoms with Gasteiger partial charge in [-0.25, -0.2) is 4.79 Å². The van der Waals surface area contributed by atoms with Crippen LogP contribution in [0.5, 0.6) is 0 Å². The fourth-order valence-corrected chi connectivity index (χ4v) is 3.49. The molecule has 0 aromatic carbocycles. The summed E-state index contributed by atoms with van der Waals surface area (Å²) in [5, 5.41) is 19.6. The number of nitrogens with one attached hydrogen (secondary N) is 1. The summed E-state index contributed by atoms with van der Waals surface area (Å²) in [6, 6.07) is 1.19. The van der Waals surface area contributed by atoms with Gasteiger partial charge in [-0.05, 0) is 11.2 Å². The molecule has 1 aliphatic heterocycles. The third kappa shape index (κ3) is 5.42. The lowest BCUT2D eigenvalue weighted by Gasteiger charge is -2.22. The molecule has 8 nitrogen and oxygen atoms in total. The van der Waals surface area contributed by atoms with Crippen molar-refractivity contribution in [3.8, 4) is 0 Å². The fourth-order valence-electron chi connectivity index (χ4n) is 2.52. The molecule has 0 bridgehead atoms. The minimum Gasteiger partial charge on any atom is -0.394 e. The largest absolute Gasteiger partial charge is 0.394 e. The first kappa shape index (κ1) is 20.2. The zero-order valence-electron chi connectivity index (χ0n) is 14.7. The number of nitrogens with zero attached hydrogens (tertiary/aromatic N) is 1. The Morgan fingerprint density at radius 2 is 2.12 bits per heavy atom. The molecule has 2 rings (SSSR count). The van der Waals surface area contributed by atoms with Crippen molar-refractivity contribution in [3.63, 3.8) is 0 Å². The van der Waals surface area contributed by atoms with Crippen LogP contribution in [0.3, 0.4) is 0 Å². The Bertz CT molecular complexity index is 668. The van der Waals surface area contributed by atoms with Gasteiger partial charge in [0.1, 0.15) is 18.3 Å². The molecule has 0 aliphatic carbocycles. The molecule has 3 N–H and O–H groups in total.